The quantitative estimate of drug-likeness (QED) is 0.417. The van der Waals surface area contributed by atoms with Crippen molar-refractivity contribution in [1.29, 1.82) is 0 Å². The highest BCUT2D eigenvalue weighted by molar-refractivity contribution is 6.31. The van der Waals surface area contributed by atoms with E-state index in [2.05, 4.69) is 39.0 Å². The molecule has 2 heteroatoms. The van der Waals surface area contributed by atoms with Crippen molar-refractivity contribution in [3.8, 4) is 0 Å². The van der Waals surface area contributed by atoms with E-state index in [-0.39, 0.29) is 0 Å². The Balaban J connectivity index is 2.28. The third kappa shape index (κ3) is 6.55. The van der Waals surface area contributed by atoms with Crippen LogP contribution in [0.1, 0.15) is 65.7 Å². The van der Waals surface area contributed by atoms with Crippen molar-refractivity contribution in [2.45, 2.75) is 77.4 Å². The molecule has 0 N–H and O–H groups in total. The van der Waals surface area contributed by atoms with E-state index in [1.54, 1.807) is 5.57 Å². The Bertz CT molecular complexity index is 268. The molecule has 1 aliphatic carbocycles. The normalized spacial score (nSPS) is 17.0. The molecule has 0 aromatic carbocycles. The van der Waals surface area contributed by atoms with Gasteiger partial charge in [-0.1, -0.05) is 57.3 Å². The van der Waals surface area contributed by atoms with Crippen molar-refractivity contribution >= 4 is 9.76 Å². The van der Waals surface area contributed by atoms with Gasteiger partial charge in [-0.3, -0.25) is 0 Å². The minimum Gasteiger partial charge on any atom is -0.421 e. The molecule has 0 saturated heterocycles. The van der Waals surface area contributed by atoms with E-state index in [9.17, 15) is 0 Å². The maximum absolute atomic E-state index is 5.96. The molecule has 1 nitrogen and oxygen atoms in total. The molecule has 0 spiro atoms. The monoisotopic (exact) mass is 266 g/mol. The Morgan fingerprint density at radius 2 is 2.00 bits per heavy atom. The van der Waals surface area contributed by atoms with Gasteiger partial charge in [-0.15, -0.1) is 0 Å². The lowest BCUT2D eigenvalue weighted by Gasteiger charge is -2.18. The molecule has 1 unspecified atom stereocenters. The summed E-state index contributed by atoms with van der Waals surface area (Å²) >= 11 is 0. The number of allylic oxidation sites excluding steroid dienone is 4. The van der Waals surface area contributed by atoms with Gasteiger partial charge in [-0.05, 0) is 37.8 Å². The second-order valence-electron chi connectivity index (χ2n) is 5.62. The smallest absolute Gasteiger partial charge is 0.169 e. The lowest BCUT2D eigenvalue weighted by Crippen LogP contribution is -2.14. The molecule has 0 fully saturated rings. The second kappa shape index (κ2) is 9.57. The predicted octanol–water partition coefficient (Wildman–Crippen LogP) is 4.53. The molecular weight excluding hydrogens is 236 g/mol. The first kappa shape index (κ1) is 15.7. The van der Waals surface area contributed by atoms with Crippen molar-refractivity contribution in [3.05, 3.63) is 23.8 Å². The summed E-state index contributed by atoms with van der Waals surface area (Å²) < 4.78 is 5.96. The molecule has 0 aliphatic heterocycles. The van der Waals surface area contributed by atoms with E-state index >= 15 is 0 Å². The molecule has 0 aromatic rings. The molecule has 1 atom stereocenters. The zero-order valence-corrected chi connectivity index (χ0v) is 13.9. The van der Waals surface area contributed by atoms with Crippen LogP contribution in [0.3, 0.4) is 0 Å². The van der Waals surface area contributed by atoms with Crippen molar-refractivity contribution in [2.75, 3.05) is 0 Å². The number of hydrogen-bond acceptors (Lipinski definition) is 1. The molecule has 0 heterocycles. The van der Waals surface area contributed by atoms with E-state index in [0.717, 1.165) is 12.0 Å². The van der Waals surface area contributed by atoms with Gasteiger partial charge in [0.25, 0.3) is 0 Å². The summed E-state index contributed by atoms with van der Waals surface area (Å²) in [5.74, 6) is 0. The molecule has 104 valence electrons. The van der Waals surface area contributed by atoms with E-state index in [0.29, 0.717) is 6.10 Å². The first-order valence-corrected chi connectivity index (χ1v) is 9.11. The minimum absolute atomic E-state index is 0.408. The molecule has 0 radical (unpaired) electrons. The Hall–Kier alpha value is -0.343. The summed E-state index contributed by atoms with van der Waals surface area (Å²) in [7, 11) is -0.411. The maximum Gasteiger partial charge on any atom is 0.169 e. The average molecular weight is 267 g/mol. The SMILES string of the molecule is CCCCCCCC([SiH2]OC(C)C)C1=CCC=C1. The first-order chi connectivity index (χ1) is 8.74. The zero-order chi connectivity index (χ0) is 13.2. The number of rotatable bonds is 10. The van der Waals surface area contributed by atoms with E-state index < -0.39 is 9.76 Å². The van der Waals surface area contributed by atoms with Crippen LogP contribution in [0.25, 0.3) is 0 Å². The molecule has 0 bridgehead atoms. The van der Waals surface area contributed by atoms with Crippen LogP contribution < -0.4 is 0 Å². The molecule has 0 saturated carbocycles. The summed E-state index contributed by atoms with van der Waals surface area (Å²) in [6.07, 6.45) is 16.8. The molecule has 18 heavy (non-hydrogen) atoms. The van der Waals surface area contributed by atoms with Gasteiger partial charge >= 0.3 is 0 Å². The number of hydrogen-bond donors (Lipinski definition) is 0. The van der Waals surface area contributed by atoms with E-state index in [1.807, 2.05) is 0 Å². The molecular formula is C16H30OSi. The van der Waals surface area contributed by atoms with Crippen LogP contribution in [0.2, 0.25) is 5.54 Å². The fourth-order valence-electron chi connectivity index (χ4n) is 2.43. The van der Waals surface area contributed by atoms with Crippen LogP contribution in [0.4, 0.5) is 0 Å². The van der Waals surface area contributed by atoms with Crippen LogP contribution >= 0.6 is 0 Å². The van der Waals surface area contributed by atoms with Crippen molar-refractivity contribution in [1.82, 2.24) is 0 Å². The fourth-order valence-corrected chi connectivity index (χ4v) is 4.00. The summed E-state index contributed by atoms with van der Waals surface area (Å²) in [5, 5.41) is 0. The summed E-state index contributed by atoms with van der Waals surface area (Å²) in [4.78, 5) is 0. The lowest BCUT2D eigenvalue weighted by molar-refractivity contribution is 0.251. The maximum atomic E-state index is 5.96. The predicted molar refractivity (Wildman–Crippen MR) is 83.7 cm³/mol. The minimum atomic E-state index is -0.411. The third-order valence-electron chi connectivity index (χ3n) is 3.56. The third-order valence-corrected chi connectivity index (χ3v) is 5.70. The molecule has 1 aliphatic rings. The highest BCUT2D eigenvalue weighted by Gasteiger charge is 2.15. The molecule has 0 aromatic heterocycles. The van der Waals surface area contributed by atoms with Gasteiger partial charge in [0.1, 0.15) is 0 Å². The largest absolute Gasteiger partial charge is 0.421 e. The van der Waals surface area contributed by atoms with Crippen LogP contribution in [0, 0.1) is 0 Å². The van der Waals surface area contributed by atoms with E-state index in [1.165, 1.54) is 38.5 Å². The van der Waals surface area contributed by atoms with Gasteiger partial charge in [0.2, 0.25) is 0 Å². The van der Waals surface area contributed by atoms with Crippen LogP contribution in [-0.4, -0.2) is 15.9 Å². The Labute approximate surface area is 116 Å². The average Bonchev–Trinajstić information content (AvgIpc) is 2.86. The van der Waals surface area contributed by atoms with Gasteiger partial charge in [0.05, 0.1) is 0 Å². The summed E-state index contributed by atoms with van der Waals surface area (Å²) in [5.41, 5.74) is 2.32. The Morgan fingerprint density at radius 3 is 2.61 bits per heavy atom. The van der Waals surface area contributed by atoms with Crippen LogP contribution in [-0.2, 0) is 4.43 Å². The summed E-state index contributed by atoms with van der Waals surface area (Å²) in [6.45, 7) is 6.59. The van der Waals surface area contributed by atoms with Crippen LogP contribution in [0.15, 0.2) is 23.8 Å². The van der Waals surface area contributed by atoms with E-state index in [4.69, 9.17) is 4.43 Å². The van der Waals surface area contributed by atoms with Gasteiger partial charge in [0.15, 0.2) is 9.76 Å². The topological polar surface area (TPSA) is 9.23 Å². The Morgan fingerprint density at radius 1 is 1.22 bits per heavy atom. The first-order valence-electron chi connectivity index (χ1n) is 7.72. The molecule has 1 rings (SSSR count). The van der Waals surface area contributed by atoms with Gasteiger partial charge < -0.3 is 4.43 Å². The summed E-state index contributed by atoms with van der Waals surface area (Å²) in [6, 6.07) is 0. The van der Waals surface area contributed by atoms with Crippen molar-refractivity contribution < 1.29 is 4.43 Å². The lowest BCUT2D eigenvalue weighted by atomic mass is 10.1. The molecule has 0 amide bonds. The van der Waals surface area contributed by atoms with Gasteiger partial charge in [-0.2, -0.15) is 0 Å². The highest BCUT2D eigenvalue weighted by atomic mass is 28.2. The van der Waals surface area contributed by atoms with Crippen LogP contribution in [0.5, 0.6) is 0 Å². The van der Waals surface area contributed by atoms with Gasteiger partial charge in [-0.25, -0.2) is 0 Å². The van der Waals surface area contributed by atoms with Gasteiger partial charge in [0, 0.05) is 6.10 Å². The van der Waals surface area contributed by atoms with Crippen molar-refractivity contribution in [2.24, 2.45) is 0 Å². The van der Waals surface area contributed by atoms with Crippen molar-refractivity contribution in [3.63, 3.8) is 0 Å². The fraction of sp³-hybridized carbons (Fsp3) is 0.750. The highest BCUT2D eigenvalue weighted by Crippen LogP contribution is 2.29. The number of unbranched alkanes of at least 4 members (excludes halogenated alkanes) is 4. The zero-order valence-electron chi connectivity index (χ0n) is 12.5. The second-order valence-corrected chi connectivity index (χ2v) is 7.28. The standard InChI is InChI=1S/C16H30OSi/c1-4-5-6-7-8-13-16(18-17-14(2)3)15-11-9-10-12-15/h9,11-12,14,16H,4-8,10,13,18H2,1-3H3. The Kier molecular flexibility index (Phi) is 8.35.